The number of aromatic nitrogens is 1. The van der Waals surface area contributed by atoms with Gasteiger partial charge in [0.2, 0.25) is 5.88 Å². The van der Waals surface area contributed by atoms with E-state index in [-0.39, 0.29) is 34.9 Å². The minimum Gasteiger partial charge on any atom is -0.492 e. The molecule has 0 saturated heterocycles. The van der Waals surface area contributed by atoms with Crippen LogP contribution in [0.25, 0.3) is 5.57 Å². The van der Waals surface area contributed by atoms with Crippen LogP contribution in [0.2, 0.25) is 5.02 Å². The summed E-state index contributed by atoms with van der Waals surface area (Å²) in [6.07, 6.45) is -1.31. The first-order chi connectivity index (χ1) is 17.1. The second-order valence-electron chi connectivity index (χ2n) is 9.24. The molecule has 0 unspecified atom stereocenters. The van der Waals surface area contributed by atoms with Gasteiger partial charge in [-0.2, -0.15) is 28.4 Å². The Bertz CT molecular complexity index is 1480. The van der Waals surface area contributed by atoms with E-state index in [9.17, 15) is 23.4 Å². The second kappa shape index (κ2) is 9.17. The molecule has 11 heteroatoms. The van der Waals surface area contributed by atoms with E-state index in [1.165, 1.54) is 23.5 Å². The maximum atomic E-state index is 13.9. The van der Waals surface area contributed by atoms with Crippen molar-refractivity contribution < 1.29 is 23.4 Å². The summed E-state index contributed by atoms with van der Waals surface area (Å²) in [4.78, 5) is 6.55. The lowest BCUT2D eigenvalue weighted by Crippen LogP contribution is -2.28. The van der Waals surface area contributed by atoms with Gasteiger partial charge in [0.1, 0.15) is 0 Å². The van der Waals surface area contributed by atoms with Gasteiger partial charge in [0, 0.05) is 36.0 Å². The summed E-state index contributed by atoms with van der Waals surface area (Å²) in [6, 6.07) is 8.99. The number of rotatable bonds is 7. The number of hydrogen-bond donors (Lipinski definition) is 2. The maximum Gasteiger partial charge on any atom is 0.416 e. The lowest BCUT2D eigenvalue weighted by Gasteiger charge is -2.21. The van der Waals surface area contributed by atoms with Crippen molar-refractivity contribution in [2.75, 3.05) is 25.1 Å². The number of fused-ring (bicyclic) bond motifs is 1. The van der Waals surface area contributed by atoms with Crippen LogP contribution >= 0.6 is 22.9 Å². The number of thiazole rings is 1. The van der Waals surface area contributed by atoms with Crippen LogP contribution in [-0.2, 0) is 12.6 Å². The van der Waals surface area contributed by atoms with Gasteiger partial charge in [-0.25, -0.2) is 0 Å². The van der Waals surface area contributed by atoms with E-state index in [0.29, 0.717) is 32.7 Å². The van der Waals surface area contributed by atoms with Crippen molar-refractivity contribution >= 4 is 39.9 Å². The average molecular weight is 535 g/mol. The summed E-state index contributed by atoms with van der Waals surface area (Å²) in [5, 5.41) is 30.2. The molecule has 2 aromatic carbocycles. The molecule has 0 radical (unpaired) electrons. The molecule has 1 aromatic heterocycles. The fourth-order valence-electron chi connectivity index (χ4n) is 4.34. The summed E-state index contributed by atoms with van der Waals surface area (Å²) in [5.41, 5.74) is 0.253. The molecule has 3 aromatic rings. The molecule has 5 rings (SSSR count). The number of anilines is 1. The predicted molar refractivity (Wildman–Crippen MR) is 133 cm³/mol. The third-order valence-electron chi connectivity index (χ3n) is 6.55. The van der Waals surface area contributed by atoms with Crippen LogP contribution in [-0.4, -0.2) is 41.6 Å². The highest BCUT2D eigenvalue weighted by molar-refractivity contribution is 7.17. The molecule has 1 aliphatic heterocycles. The largest absolute Gasteiger partial charge is 0.492 e. The second-order valence-corrected chi connectivity index (χ2v) is 10.7. The van der Waals surface area contributed by atoms with E-state index < -0.39 is 11.7 Å². The van der Waals surface area contributed by atoms with E-state index in [2.05, 4.69) is 15.2 Å². The Kier molecular flexibility index (Phi) is 6.30. The predicted octanol–water partition coefficient (Wildman–Crippen LogP) is 4.14. The van der Waals surface area contributed by atoms with Crippen molar-refractivity contribution in [1.82, 2.24) is 4.98 Å². The number of aliphatic hydroxyl groups is 1. The molecule has 2 heterocycles. The van der Waals surface area contributed by atoms with Crippen LogP contribution in [0.5, 0.6) is 5.88 Å². The molecule has 2 aliphatic rings. The highest BCUT2D eigenvalue weighted by atomic mass is 35.5. The van der Waals surface area contributed by atoms with Gasteiger partial charge in [-0.3, -0.25) is 0 Å². The number of hydrogen-bond acceptors (Lipinski definition) is 7. The van der Waals surface area contributed by atoms with Gasteiger partial charge in [-0.05, 0) is 53.5 Å². The number of alkyl halides is 3. The van der Waals surface area contributed by atoms with E-state index in [4.69, 9.17) is 11.6 Å². The molecule has 6 nitrogen and oxygen atoms in total. The zero-order valence-electron chi connectivity index (χ0n) is 19.2. The van der Waals surface area contributed by atoms with E-state index in [0.717, 1.165) is 24.5 Å². The van der Waals surface area contributed by atoms with Gasteiger partial charge in [-0.1, -0.05) is 35.1 Å². The normalized spacial score (nSPS) is 16.5. The Morgan fingerprint density at radius 1 is 1.19 bits per heavy atom. The molecule has 36 heavy (non-hydrogen) atoms. The number of halogens is 4. The first-order valence-electron chi connectivity index (χ1n) is 11.2. The molecule has 1 fully saturated rings. The fraction of sp³-hybridized carbons (Fsp3) is 0.320. The quantitative estimate of drug-likeness (QED) is 0.477. The van der Waals surface area contributed by atoms with Gasteiger partial charge in [0.05, 0.1) is 28.6 Å². The number of benzene rings is 2. The summed E-state index contributed by atoms with van der Waals surface area (Å²) in [6.45, 7) is 0.634. The molecular weight excluding hydrogens is 513 g/mol. The summed E-state index contributed by atoms with van der Waals surface area (Å²) >= 11 is 7.09. The van der Waals surface area contributed by atoms with Crippen molar-refractivity contribution in [2.45, 2.75) is 25.4 Å². The van der Waals surface area contributed by atoms with E-state index in [1.807, 2.05) is 11.9 Å². The Balaban J connectivity index is 1.63. The molecule has 0 atom stereocenters. The van der Waals surface area contributed by atoms with Crippen LogP contribution in [0.4, 0.5) is 18.3 Å². The molecule has 0 bridgehead atoms. The molecular formula is C25H22ClF3N4O2S. The van der Waals surface area contributed by atoms with Crippen LogP contribution in [0.3, 0.4) is 0 Å². The maximum absolute atomic E-state index is 13.9. The van der Waals surface area contributed by atoms with Gasteiger partial charge in [0.15, 0.2) is 5.13 Å². The zero-order chi connectivity index (χ0) is 25.7. The Hall–Kier alpha value is -2.95. The molecule has 0 spiro atoms. The first kappa shape index (κ1) is 24.7. The number of nitrogens with zero attached hydrogens (tertiary/aromatic N) is 4. The molecule has 0 amide bonds. The Morgan fingerprint density at radius 2 is 1.97 bits per heavy atom. The zero-order valence-corrected chi connectivity index (χ0v) is 20.8. The topological polar surface area (TPSA) is 81.3 Å². The highest BCUT2D eigenvalue weighted by Gasteiger charge is 2.43. The monoisotopic (exact) mass is 534 g/mol. The number of aliphatic hydroxyl groups excluding tert-OH is 1. The molecule has 188 valence electrons. The van der Waals surface area contributed by atoms with E-state index in [1.54, 1.807) is 24.4 Å². The first-order valence-corrected chi connectivity index (χ1v) is 12.4. The lowest BCUT2D eigenvalue weighted by atomic mass is 9.96. The SMILES string of the molecule is CN(CC1(CO)CC1)c1nc(O)c(C(Cc2ccc(Cl)cc2C(F)(F)F)=c2ccc3c(c2)C=NN=3)s1. The van der Waals surface area contributed by atoms with Crippen molar-refractivity contribution in [3.8, 4) is 5.88 Å². The van der Waals surface area contributed by atoms with Gasteiger partial charge in [0.25, 0.3) is 0 Å². The van der Waals surface area contributed by atoms with Crippen LogP contribution in [0.1, 0.15) is 34.4 Å². The molecule has 1 saturated carbocycles. The van der Waals surface area contributed by atoms with Gasteiger partial charge < -0.3 is 15.1 Å². The highest BCUT2D eigenvalue weighted by Crippen LogP contribution is 2.47. The minimum atomic E-state index is -4.60. The molecule has 1 aliphatic carbocycles. The fourth-order valence-corrected chi connectivity index (χ4v) is 5.49. The van der Waals surface area contributed by atoms with Gasteiger partial charge >= 0.3 is 6.18 Å². The van der Waals surface area contributed by atoms with Gasteiger partial charge in [-0.15, -0.1) is 0 Å². The molecule has 2 N–H and O–H groups in total. The van der Waals surface area contributed by atoms with Crippen LogP contribution in [0, 0.1) is 5.41 Å². The average Bonchev–Trinajstić information content (AvgIpc) is 3.26. The Morgan fingerprint density at radius 3 is 2.67 bits per heavy atom. The van der Waals surface area contributed by atoms with Crippen molar-refractivity contribution in [2.24, 2.45) is 15.6 Å². The third kappa shape index (κ3) is 4.85. The Labute approximate surface area is 213 Å². The van der Waals surface area contributed by atoms with E-state index >= 15 is 0 Å². The van der Waals surface area contributed by atoms with Crippen LogP contribution < -0.4 is 15.5 Å². The summed E-state index contributed by atoms with van der Waals surface area (Å²) < 4.78 is 41.6. The number of aromatic hydroxyl groups is 1. The summed E-state index contributed by atoms with van der Waals surface area (Å²) in [5.74, 6) is -0.257. The smallest absolute Gasteiger partial charge is 0.416 e. The summed E-state index contributed by atoms with van der Waals surface area (Å²) in [7, 11) is 1.83. The van der Waals surface area contributed by atoms with Crippen molar-refractivity contribution in [3.63, 3.8) is 0 Å². The standard InChI is InChI=1S/C25H22ClF3N4O2S/c1-33(12-24(13-34)6-7-24)23-31-22(35)21(36-23)18(14-3-5-20-16(8-14)11-30-32-20)9-15-2-4-17(26)10-19(15)25(27,28)29/h2-5,8,10-11,34-35H,6-7,9,12-13H2,1H3. The van der Waals surface area contributed by atoms with Crippen molar-refractivity contribution in [3.05, 3.63) is 73.6 Å². The minimum absolute atomic E-state index is 0.00887. The van der Waals surface area contributed by atoms with Crippen LogP contribution in [0.15, 0.2) is 46.6 Å². The third-order valence-corrected chi connectivity index (χ3v) is 8.00. The lowest BCUT2D eigenvalue weighted by molar-refractivity contribution is -0.138. The van der Waals surface area contributed by atoms with Crippen molar-refractivity contribution in [1.29, 1.82) is 0 Å².